The van der Waals surface area contributed by atoms with Crippen LogP contribution >= 0.6 is 0 Å². The summed E-state index contributed by atoms with van der Waals surface area (Å²) in [6, 6.07) is 7.77. The highest BCUT2D eigenvalue weighted by atomic mass is 16.5. The fraction of sp³-hybridized carbons (Fsp3) is 0.529. The topological polar surface area (TPSA) is 61.9 Å². The van der Waals surface area contributed by atoms with E-state index in [0.29, 0.717) is 26.2 Å². The molecule has 0 atom stereocenters. The quantitative estimate of drug-likeness (QED) is 0.843. The van der Waals surface area contributed by atoms with Gasteiger partial charge in [-0.2, -0.15) is 0 Å². The number of nitrogens with one attached hydrogen (secondary N) is 1. The van der Waals surface area contributed by atoms with E-state index < -0.39 is 0 Å². The largest absolute Gasteiger partial charge is 0.473 e. The van der Waals surface area contributed by atoms with Crippen LogP contribution in [0.2, 0.25) is 0 Å². The normalized spacial score (nSPS) is 14.5. The summed E-state index contributed by atoms with van der Waals surface area (Å²) in [6.45, 7) is 6.11. The molecule has 1 fully saturated rings. The molecule has 0 radical (unpaired) electrons. The number of piperazine rings is 1. The highest BCUT2D eigenvalue weighted by Crippen LogP contribution is 2.13. The number of hydrogen-bond acceptors (Lipinski definition) is 3. The van der Waals surface area contributed by atoms with E-state index in [-0.39, 0.29) is 18.7 Å². The maximum atomic E-state index is 12.0. The number of amides is 3. The molecule has 3 amide bonds. The van der Waals surface area contributed by atoms with Crippen molar-refractivity contribution in [2.24, 2.45) is 0 Å². The third kappa shape index (κ3) is 5.16. The molecule has 0 aliphatic carbocycles. The fourth-order valence-electron chi connectivity index (χ4n) is 2.56. The first-order chi connectivity index (χ1) is 11.1. The van der Waals surface area contributed by atoms with Crippen LogP contribution in [-0.4, -0.2) is 54.6 Å². The second-order valence-corrected chi connectivity index (χ2v) is 5.66. The van der Waals surface area contributed by atoms with E-state index >= 15 is 0 Å². The van der Waals surface area contributed by atoms with Crippen molar-refractivity contribution < 1.29 is 14.3 Å². The second-order valence-electron chi connectivity index (χ2n) is 5.66. The van der Waals surface area contributed by atoms with Crippen LogP contribution in [-0.2, 0) is 11.2 Å². The summed E-state index contributed by atoms with van der Waals surface area (Å²) in [5.74, 6) is 0.798. The minimum Gasteiger partial charge on any atom is -0.473 e. The van der Waals surface area contributed by atoms with Gasteiger partial charge in [-0.1, -0.05) is 25.5 Å². The van der Waals surface area contributed by atoms with E-state index in [9.17, 15) is 9.59 Å². The Morgan fingerprint density at radius 3 is 2.26 bits per heavy atom. The molecule has 1 heterocycles. The fourth-order valence-corrected chi connectivity index (χ4v) is 2.56. The van der Waals surface area contributed by atoms with Crippen LogP contribution in [0.4, 0.5) is 4.79 Å². The third-order valence-corrected chi connectivity index (χ3v) is 3.94. The molecule has 1 aliphatic rings. The maximum Gasteiger partial charge on any atom is 0.320 e. The average molecular weight is 319 g/mol. The summed E-state index contributed by atoms with van der Waals surface area (Å²) < 4.78 is 5.54. The molecule has 0 bridgehead atoms. The second kappa shape index (κ2) is 8.41. The minimum atomic E-state index is -0.157. The van der Waals surface area contributed by atoms with Gasteiger partial charge < -0.3 is 19.9 Å². The summed E-state index contributed by atoms with van der Waals surface area (Å²) in [6.07, 6.45) is 2.18. The van der Waals surface area contributed by atoms with Crippen molar-refractivity contribution in [1.29, 1.82) is 0 Å². The van der Waals surface area contributed by atoms with E-state index in [4.69, 9.17) is 4.74 Å². The number of benzene rings is 1. The lowest BCUT2D eigenvalue weighted by Gasteiger charge is -2.34. The first-order valence-electron chi connectivity index (χ1n) is 8.10. The van der Waals surface area contributed by atoms with Crippen LogP contribution in [0.25, 0.3) is 0 Å². The number of aryl methyl sites for hydroxylation is 1. The summed E-state index contributed by atoms with van der Waals surface area (Å²) in [7, 11) is 0. The number of carbonyl (C=O) groups excluding carboxylic acids is 2. The van der Waals surface area contributed by atoms with Gasteiger partial charge in [-0.05, 0) is 24.1 Å². The molecule has 0 saturated carbocycles. The van der Waals surface area contributed by atoms with Crippen LogP contribution in [0.15, 0.2) is 24.3 Å². The Morgan fingerprint density at radius 1 is 1.09 bits per heavy atom. The Balaban J connectivity index is 1.69. The molecular formula is C17H25N3O3. The summed E-state index contributed by atoms with van der Waals surface area (Å²) in [5, 5.41) is 2.75. The SMILES string of the molecule is CCCc1ccc(OCNC(=O)N2CCN(C(C)=O)CC2)cc1. The van der Waals surface area contributed by atoms with Gasteiger partial charge in [0, 0.05) is 33.1 Å². The Bertz CT molecular complexity index is 522. The van der Waals surface area contributed by atoms with Gasteiger partial charge >= 0.3 is 6.03 Å². The molecule has 1 saturated heterocycles. The van der Waals surface area contributed by atoms with E-state index in [2.05, 4.69) is 12.2 Å². The standard InChI is InChI=1S/C17H25N3O3/c1-3-4-15-5-7-16(8-6-15)23-13-18-17(22)20-11-9-19(10-12-20)14(2)21/h5-8H,3-4,9-13H2,1-2H3,(H,18,22). The smallest absolute Gasteiger partial charge is 0.320 e. The monoisotopic (exact) mass is 319 g/mol. The van der Waals surface area contributed by atoms with Crippen LogP contribution < -0.4 is 10.1 Å². The molecule has 2 rings (SSSR count). The predicted molar refractivity (Wildman–Crippen MR) is 88.3 cm³/mol. The molecule has 0 spiro atoms. The number of hydrogen-bond donors (Lipinski definition) is 1. The number of carbonyl (C=O) groups is 2. The number of nitrogens with zero attached hydrogens (tertiary/aromatic N) is 2. The van der Waals surface area contributed by atoms with Gasteiger partial charge in [0.25, 0.3) is 0 Å². The molecule has 1 aromatic rings. The van der Waals surface area contributed by atoms with Gasteiger partial charge in [0.15, 0.2) is 6.73 Å². The Labute approximate surface area is 137 Å². The van der Waals surface area contributed by atoms with E-state index in [1.54, 1.807) is 16.7 Å². The third-order valence-electron chi connectivity index (χ3n) is 3.94. The van der Waals surface area contributed by atoms with Crippen molar-refractivity contribution >= 4 is 11.9 Å². The lowest BCUT2D eigenvalue weighted by Crippen LogP contribution is -2.53. The van der Waals surface area contributed by atoms with Crippen LogP contribution in [0.3, 0.4) is 0 Å². The first kappa shape index (κ1) is 17.1. The van der Waals surface area contributed by atoms with Crippen molar-refractivity contribution in [1.82, 2.24) is 15.1 Å². The Kier molecular flexibility index (Phi) is 6.26. The van der Waals surface area contributed by atoms with Crippen LogP contribution in [0, 0.1) is 0 Å². The van der Waals surface area contributed by atoms with E-state index in [0.717, 1.165) is 18.6 Å². The van der Waals surface area contributed by atoms with E-state index in [1.165, 1.54) is 5.56 Å². The zero-order valence-electron chi connectivity index (χ0n) is 13.9. The average Bonchev–Trinajstić information content (AvgIpc) is 2.56. The maximum absolute atomic E-state index is 12.0. The predicted octanol–water partition coefficient (Wildman–Crippen LogP) is 1.85. The summed E-state index contributed by atoms with van der Waals surface area (Å²) in [4.78, 5) is 26.7. The molecule has 6 nitrogen and oxygen atoms in total. The molecule has 23 heavy (non-hydrogen) atoms. The highest BCUT2D eigenvalue weighted by molar-refractivity contribution is 5.76. The molecular weight excluding hydrogens is 294 g/mol. The molecule has 1 N–H and O–H groups in total. The lowest BCUT2D eigenvalue weighted by atomic mass is 10.1. The van der Waals surface area contributed by atoms with Crippen molar-refractivity contribution in [3.63, 3.8) is 0 Å². The molecule has 0 aromatic heterocycles. The van der Waals surface area contributed by atoms with Gasteiger partial charge in [-0.25, -0.2) is 4.79 Å². The van der Waals surface area contributed by atoms with Gasteiger partial charge in [0.2, 0.25) is 5.91 Å². The molecule has 0 unspecified atom stereocenters. The lowest BCUT2D eigenvalue weighted by molar-refractivity contribution is -0.130. The number of rotatable bonds is 5. The summed E-state index contributed by atoms with van der Waals surface area (Å²) >= 11 is 0. The van der Waals surface area contributed by atoms with Gasteiger partial charge in [0.1, 0.15) is 5.75 Å². The van der Waals surface area contributed by atoms with Crippen molar-refractivity contribution in [3.05, 3.63) is 29.8 Å². The Hall–Kier alpha value is -2.24. The first-order valence-corrected chi connectivity index (χ1v) is 8.10. The molecule has 1 aromatic carbocycles. The zero-order valence-corrected chi connectivity index (χ0v) is 13.9. The van der Waals surface area contributed by atoms with Gasteiger partial charge in [0.05, 0.1) is 0 Å². The zero-order chi connectivity index (χ0) is 16.7. The van der Waals surface area contributed by atoms with Gasteiger partial charge in [-0.15, -0.1) is 0 Å². The Morgan fingerprint density at radius 2 is 1.70 bits per heavy atom. The van der Waals surface area contributed by atoms with Crippen LogP contribution in [0.5, 0.6) is 5.75 Å². The number of urea groups is 1. The summed E-state index contributed by atoms with van der Waals surface area (Å²) in [5.41, 5.74) is 1.28. The van der Waals surface area contributed by atoms with Crippen LogP contribution in [0.1, 0.15) is 25.8 Å². The molecule has 1 aliphatic heterocycles. The highest BCUT2D eigenvalue weighted by Gasteiger charge is 2.21. The molecule has 126 valence electrons. The van der Waals surface area contributed by atoms with E-state index in [1.807, 2.05) is 24.3 Å². The van der Waals surface area contributed by atoms with Crippen molar-refractivity contribution in [2.45, 2.75) is 26.7 Å². The molecule has 6 heteroatoms. The van der Waals surface area contributed by atoms with Gasteiger partial charge in [-0.3, -0.25) is 4.79 Å². The minimum absolute atomic E-state index is 0.0555. The number of ether oxygens (including phenoxy) is 1. The van der Waals surface area contributed by atoms with Crippen molar-refractivity contribution in [3.8, 4) is 5.75 Å². The van der Waals surface area contributed by atoms with Crippen molar-refractivity contribution in [2.75, 3.05) is 32.9 Å².